The first-order chi connectivity index (χ1) is 7.27. The summed E-state index contributed by atoms with van der Waals surface area (Å²) in [6.07, 6.45) is 2.01. The van der Waals surface area contributed by atoms with Gasteiger partial charge < -0.3 is 5.32 Å². The minimum atomic E-state index is -0.0315. The molecule has 1 amide bonds. The summed E-state index contributed by atoms with van der Waals surface area (Å²) in [6, 6.07) is 7.37. The van der Waals surface area contributed by atoms with Gasteiger partial charge in [0.15, 0.2) is 0 Å². The van der Waals surface area contributed by atoms with Gasteiger partial charge in [0.05, 0.1) is 0 Å². The monoisotopic (exact) mass is 243 g/mol. The number of alkyl halides is 1. The maximum absolute atomic E-state index is 11.6. The second kappa shape index (κ2) is 6.75. The maximum atomic E-state index is 11.6. The molecule has 0 aliphatic rings. The molecule has 0 unspecified atom stereocenters. The highest BCUT2D eigenvalue weighted by Crippen LogP contribution is 2.07. The smallest absolute Gasteiger partial charge is 0.251 e. The van der Waals surface area contributed by atoms with Gasteiger partial charge in [-0.05, 0) is 24.0 Å². The van der Waals surface area contributed by atoms with E-state index in [2.05, 4.69) is 5.32 Å². The third-order valence-corrected chi connectivity index (χ3v) is 2.86. The lowest BCUT2D eigenvalue weighted by molar-refractivity contribution is 0.0956. The SMILES string of the molecule is CSCCNC(=O)c1cccc(CCl)c1. The highest BCUT2D eigenvalue weighted by molar-refractivity contribution is 7.98. The highest BCUT2D eigenvalue weighted by Gasteiger charge is 2.04. The van der Waals surface area contributed by atoms with Crippen molar-refractivity contribution in [2.24, 2.45) is 0 Å². The van der Waals surface area contributed by atoms with Gasteiger partial charge in [-0.1, -0.05) is 12.1 Å². The lowest BCUT2D eigenvalue weighted by Crippen LogP contribution is -2.25. The molecule has 0 heterocycles. The van der Waals surface area contributed by atoms with Crippen molar-refractivity contribution in [3.8, 4) is 0 Å². The molecule has 0 aromatic heterocycles. The van der Waals surface area contributed by atoms with E-state index >= 15 is 0 Å². The van der Waals surface area contributed by atoms with Gasteiger partial charge in [-0.15, -0.1) is 11.6 Å². The number of thioether (sulfide) groups is 1. The number of carbonyl (C=O) groups excluding carboxylic acids is 1. The molecule has 1 aromatic rings. The van der Waals surface area contributed by atoms with E-state index in [0.29, 0.717) is 18.0 Å². The molecule has 0 saturated carbocycles. The number of halogens is 1. The van der Waals surface area contributed by atoms with Crippen molar-refractivity contribution >= 4 is 29.3 Å². The molecule has 1 N–H and O–H groups in total. The summed E-state index contributed by atoms with van der Waals surface area (Å²) in [5.74, 6) is 1.34. The number of nitrogens with one attached hydrogen (secondary N) is 1. The molecule has 15 heavy (non-hydrogen) atoms. The average molecular weight is 244 g/mol. The van der Waals surface area contributed by atoms with Gasteiger partial charge in [-0.3, -0.25) is 4.79 Å². The molecule has 0 atom stereocenters. The highest BCUT2D eigenvalue weighted by atomic mass is 35.5. The largest absolute Gasteiger partial charge is 0.351 e. The Labute approximate surface area is 99.4 Å². The molecular formula is C11H14ClNOS. The van der Waals surface area contributed by atoms with E-state index in [1.807, 2.05) is 24.5 Å². The van der Waals surface area contributed by atoms with Crippen molar-refractivity contribution in [3.05, 3.63) is 35.4 Å². The maximum Gasteiger partial charge on any atom is 0.251 e. The van der Waals surface area contributed by atoms with Gasteiger partial charge in [-0.2, -0.15) is 11.8 Å². The molecule has 4 heteroatoms. The number of rotatable bonds is 5. The third kappa shape index (κ3) is 4.14. The van der Waals surface area contributed by atoms with Crippen LogP contribution in [0.15, 0.2) is 24.3 Å². The fourth-order valence-corrected chi connectivity index (χ4v) is 1.64. The van der Waals surface area contributed by atoms with E-state index in [1.54, 1.807) is 17.8 Å². The Balaban J connectivity index is 2.57. The number of benzene rings is 1. The molecule has 0 aliphatic carbocycles. The quantitative estimate of drug-likeness (QED) is 0.636. The fourth-order valence-electron chi connectivity index (χ4n) is 1.16. The van der Waals surface area contributed by atoms with Crippen LogP contribution < -0.4 is 5.32 Å². The van der Waals surface area contributed by atoms with Crippen LogP contribution in [0.4, 0.5) is 0 Å². The molecule has 1 aromatic carbocycles. The third-order valence-electron chi connectivity index (χ3n) is 1.94. The van der Waals surface area contributed by atoms with E-state index in [4.69, 9.17) is 11.6 Å². The van der Waals surface area contributed by atoms with Crippen LogP contribution in [-0.4, -0.2) is 24.5 Å². The van der Waals surface area contributed by atoms with E-state index in [9.17, 15) is 4.79 Å². The standard InChI is InChI=1S/C11H14ClNOS/c1-15-6-5-13-11(14)10-4-2-3-9(7-10)8-12/h2-4,7H,5-6,8H2,1H3,(H,13,14). The van der Waals surface area contributed by atoms with Crippen molar-refractivity contribution < 1.29 is 4.79 Å². The van der Waals surface area contributed by atoms with E-state index in [1.165, 1.54) is 0 Å². The minimum absolute atomic E-state index is 0.0315. The van der Waals surface area contributed by atoms with E-state index < -0.39 is 0 Å². The lowest BCUT2D eigenvalue weighted by Gasteiger charge is -2.04. The van der Waals surface area contributed by atoms with Gasteiger partial charge in [0.25, 0.3) is 5.91 Å². The van der Waals surface area contributed by atoms with E-state index in [-0.39, 0.29) is 5.91 Å². The number of hydrogen-bond acceptors (Lipinski definition) is 2. The Bertz CT molecular complexity index is 330. The Morgan fingerprint density at radius 1 is 1.53 bits per heavy atom. The first-order valence-corrected chi connectivity index (χ1v) is 6.63. The van der Waals surface area contributed by atoms with Crippen molar-refractivity contribution in [1.82, 2.24) is 5.32 Å². The summed E-state index contributed by atoms with van der Waals surface area (Å²) in [6.45, 7) is 0.700. The molecule has 0 saturated heterocycles. The Kier molecular flexibility index (Phi) is 5.58. The van der Waals surface area contributed by atoms with Crippen LogP contribution in [0.5, 0.6) is 0 Å². The predicted octanol–water partition coefficient (Wildman–Crippen LogP) is 2.52. The Morgan fingerprint density at radius 2 is 2.33 bits per heavy atom. The predicted molar refractivity (Wildman–Crippen MR) is 66.7 cm³/mol. The van der Waals surface area contributed by atoms with Gasteiger partial charge >= 0.3 is 0 Å². The second-order valence-electron chi connectivity index (χ2n) is 3.08. The molecule has 0 aliphatic heterocycles. The van der Waals surface area contributed by atoms with Crippen LogP contribution in [0.2, 0.25) is 0 Å². The van der Waals surface area contributed by atoms with Crippen molar-refractivity contribution in [3.63, 3.8) is 0 Å². The molecule has 2 nitrogen and oxygen atoms in total. The van der Waals surface area contributed by atoms with Gasteiger partial charge in [0.1, 0.15) is 0 Å². The molecule has 0 spiro atoms. The van der Waals surface area contributed by atoms with Crippen molar-refractivity contribution in [2.45, 2.75) is 5.88 Å². The summed E-state index contributed by atoms with van der Waals surface area (Å²) in [4.78, 5) is 11.6. The Morgan fingerprint density at radius 3 is 3.00 bits per heavy atom. The molecule has 1 rings (SSSR count). The number of carbonyl (C=O) groups is 1. The zero-order chi connectivity index (χ0) is 11.1. The van der Waals surface area contributed by atoms with Crippen LogP contribution in [-0.2, 0) is 5.88 Å². The van der Waals surface area contributed by atoms with Crippen LogP contribution in [0.3, 0.4) is 0 Å². The van der Waals surface area contributed by atoms with Gasteiger partial charge in [-0.25, -0.2) is 0 Å². The topological polar surface area (TPSA) is 29.1 Å². The molecule has 0 radical (unpaired) electrons. The second-order valence-corrected chi connectivity index (χ2v) is 4.34. The summed E-state index contributed by atoms with van der Waals surface area (Å²) >= 11 is 7.41. The summed E-state index contributed by atoms with van der Waals surface area (Å²) in [5.41, 5.74) is 1.64. The van der Waals surface area contributed by atoms with Crippen LogP contribution >= 0.6 is 23.4 Å². The van der Waals surface area contributed by atoms with Crippen LogP contribution in [0, 0.1) is 0 Å². The first kappa shape index (κ1) is 12.4. The molecule has 82 valence electrons. The molecule has 0 bridgehead atoms. The van der Waals surface area contributed by atoms with Gasteiger partial charge in [0, 0.05) is 23.7 Å². The number of hydrogen-bond donors (Lipinski definition) is 1. The lowest BCUT2D eigenvalue weighted by atomic mass is 10.1. The van der Waals surface area contributed by atoms with Crippen molar-refractivity contribution in [1.29, 1.82) is 0 Å². The van der Waals surface area contributed by atoms with Crippen LogP contribution in [0.1, 0.15) is 15.9 Å². The van der Waals surface area contributed by atoms with E-state index in [0.717, 1.165) is 11.3 Å². The summed E-state index contributed by atoms with van der Waals surface area (Å²) in [5, 5.41) is 2.85. The zero-order valence-corrected chi connectivity index (χ0v) is 10.2. The normalized spacial score (nSPS) is 10.0. The van der Waals surface area contributed by atoms with Gasteiger partial charge in [0.2, 0.25) is 0 Å². The van der Waals surface area contributed by atoms with Crippen molar-refractivity contribution in [2.75, 3.05) is 18.6 Å². The zero-order valence-electron chi connectivity index (χ0n) is 8.63. The average Bonchev–Trinajstić information content (AvgIpc) is 2.29. The summed E-state index contributed by atoms with van der Waals surface area (Å²) in [7, 11) is 0. The van der Waals surface area contributed by atoms with Crippen LogP contribution in [0.25, 0.3) is 0 Å². The molecule has 0 fully saturated rings. The fraction of sp³-hybridized carbons (Fsp3) is 0.364. The first-order valence-electron chi connectivity index (χ1n) is 4.70. The molecular weight excluding hydrogens is 230 g/mol. The Hall–Kier alpha value is -0.670. The summed E-state index contributed by atoms with van der Waals surface area (Å²) < 4.78 is 0. The number of amides is 1. The minimum Gasteiger partial charge on any atom is -0.351 e.